The summed E-state index contributed by atoms with van der Waals surface area (Å²) in [4.78, 5) is 26.3. The van der Waals surface area contributed by atoms with E-state index in [1.54, 1.807) is 25.1 Å². The predicted octanol–water partition coefficient (Wildman–Crippen LogP) is 3.51. The SMILES string of the molecule is CC(C(=O)Nc1cccc(Cl)c1Cl)N1C[C@@H]2CCC[C@@]2(C(=O)O)C1. The third kappa shape index (κ3) is 2.89. The van der Waals surface area contributed by atoms with Crippen molar-refractivity contribution in [2.45, 2.75) is 32.2 Å². The molecular weight excluding hydrogens is 351 g/mol. The van der Waals surface area contributed by atoms with Gasteiger partial charge in [0.2, 0.25) is 5.91 Å². The third-order valence-corrected chi connectivity index (χ3v) is 6.28. The molecule has 2 aliphatic rings. The summed E-state index contributed by atoms with van der Waals surface area (Å²) in [5.74, 6) is -0.822. The van der Waals surface area contributed by atoms with Crippen molar-refractivity contribution >= 4 is 40.8 Å². The molecule has 1 aromatic rings. The molecule has 0 spiro atoms. The normalized spacial score (nSPS) is 27.7. The quantitative estimate of drug-likeness (QED) is 0.850. The van der Waals surface area contributed by atoms with Crippen molar-refractivity contribution in [3.8, 4) is 0 Å². The number of nitrogens with zero attached hydrogens (tertiary/aromatic N) is 1. The van der Waals surface area contributed by atoms with E-state index in [1.165, 1.54) is 0 Å². The van der Waals surface area contributed by atoms with Crippen molar-refractivity contribution < 1.29 is 14.7 Å². The monoisotopic (exact) mass is 370 g/mol. The highest BCUT2D eigenvalue weighted by Crippen LogP contribution is 2.49. The van der Waals surface area contributed by atoms with Gasteiger partial charge in [0.05, 0.1) is 27.2 Å². The lowest BCUT2D eigenvalue weighted by Gasteiger charge is -2.26. The van der Waals surface area contributed by atoms with Crippen LogP contribution >= 0.6 is 23.2 Å². The van der Waals surface area contributed by atoms with Gasteiger partial charge < -0.3 is 10.4 Å². The summed E-state index contributed by atoms with van der Waals surface area (Å²) in [5.41, 5.74) is -0.226. The van der Waals surface area contributed by atoms with Gasteiger partial charge in [-0.15, -0.1) is 0 Å². The Bertz CT molecular complexity index is 682. The van der Waals surface area contributed by atoms with E-state index in [0.29, 0.717) is 35.2 Å². The van der Waals surface area contributed by atoms with E-state index in [-0.39, 0.29) is 11.8 Å². The molecule has 3 rings (SSSR count). The average molecular weight is 371 g/mol. The number of hydrogen-bond donors (Lipinski definition) is 2. The fraction of sp³-hybridized carbons (Fsp3) is 0.529. The number of likely N-dealkylation sites (tertiary alicyclic amines) is 1. The minimum Gasteiger partial charge on any atom is -0.481 e. The number of halogens is 2. The largest absolute Gasteiger partial charge is 0.481 e. The van der Waals surface area contributed by atoms with E-state index < -0.39 is 17.4 Å². The molecule has 1 saturated heterocycles. The first kappa shape index (κ1) is 17.5. The Morgan fingerprint density at radius 2 is 2.17 bits per heavy atom. The first-order chi connectivity index (χ1) is 11.3. The average Bonchev–Trinajstić information content (AvgIpc) is 3.09. The summed E-state index contributed by atoms with van der Waals surface area (Å²) in [6.45, 7) is 2.86. The van der Waals surface area contributed by atoms with E-state index in [1.807, 2.05) is 4.90 Å². The molecule has 7 heteroatoms. The molecule has 0 aromatic heterocycles. The van der Waals surface area contributed by atoms with Crippen LogP contribution in [0.5, 0.6) is 0 Å². The second-order valence-electron chi connectivity index (χ2n) is 6.75. The maximum atomic E-state index is 12.6. The molecule has 0 radical (unpaired) electrons. The molecule has 24 heavy (non-hydrogen) atoms. The van der Waals surface area contributed by atoms with Gasteiger partial charge in [-0.05, 0) is 37.8 Å². The van der Waals surface area contributed by atoms with E-state index in [9.17, 15) is 14.7 Å². The lowest BCUT2D eigenvalue weighted by atomic mass is 9.81. The van der Waals surface area contributed by atoms with Gasteiger partial charge in [0.1, 0.15) is 0 Å². The van der Waals surface area contributed by atoms with Crippen molar-refractivity contribution in [3.05, 3.63) is 28.2 Å². The van der Waals surface area contributed by atoms with E-state index in [2.05, 4.69) is 5.32 Å². The highest BCUT2D eigenvalue weighted by Gasteiger charge is 2.55. The van der Waals surface area contributed by atoms with Gasteiger partial charge >= 0.3 is 5.97 Å². The number of aliphatic carboxylic acids is 1. The van der Waals surface area contributed by atoms with Crippen LogP contribution in [0.15, 0.2) is 18.2 Å². The van der Waals surface area contributed by atoms with Crippen molar-refractivity contribution in [2.24, 2.45) is 11.3 Å². The van der Waals surface area contributed by atoms with Crippen LogP contribution in [0.3, 0.4) is 0 Å². The number of carbonyl (C=O) groups is 2. The van der Waals surface area contributed by atoms with E-state index >= 15 is 0 Å². The Morgan fingerprint density at radius 3 is 2.83 bits per heavy atom. The Labute approximate surface area is 150 Å². The molecule has 1 aliphatic carbocycles. The number of carboxylic acid groups (broad SMARTS) is 1. The van der Waals surface area contributed by atoms with Crippen molar-refractivity contribution in [3.63, 3.8) is 0 Å². The van der Waals surface area contributed by atoms with Crippen LogP contribution in [-0.4, -0.2) is 41.0 Å². The second kappa shape index (κ2) is 6.54. The number of amides is 1. The molecule has 2 fully saturated rings. The Morgan fingerprint density at radius 1 is 1.42 bits per heavy atom. The van der Waals surface area contributed by atoms with Crippen LogP contribution in [0.25, 0.3) is 0 Å². The summed E-state index contributed by atoms with van der Waals surface area (Å²) in [7, 11) is 0. The Kier molecular flexibility index (Phi) is 4.78. The van der Waals surface area contributed by atoms with Gasteiger partial charge in [-0.1, -0.05) is 35.7 Å². The number of hydrogen-bond acceptors (Lipinski definition) is 3. The molecule has 1 unspecified atom stereocenters. The Hall–Kier alpha value is -1.30. The van der Waals surface area contributed by atoms with Gasteiger partial charge in [0, 0.05) is 13.1 Å². The number of rotatable bonds is 4. The fourth-order valence-electron chi connectivity index (χ4n) is 3.98. The number of anilines is 1. The summed E-state index contributed by atoms with van der Waals surface area (Å²) in [6.07, 6.45) is 2.55. The molecule has 130 valence electrons. The Balaban J connectivity index is 1.71. The van der Waals surface area contributed by atoms with Gasteiger partial charge in [0.15, 0.2) is 0 Å². The van der Waals surface area contributed by atoms with Crippen molar-refractivity contribution in [2.75, 3.05) is 18.4 Å². The zero-order valence-corrected chi connectivity index (χ0v) is 14.9. The first-order valence-electron chi connectivity index (χ1n) is 8.07. The first-order valence-corrected chi connectivity index (χ1v) is 8.83. The third-order valence-electron chi connectivity index (χ3n) is 5.46. The zero-order valence-electron chi connectivity index (χ0n) is 13.4. The molecule has 1 aromatic carbocycles. The fourth-order valence-corrected chi connectivity index (χ4v) is 4.32. The van der Waals surface area contributed by atoms with Crippen LogP contribution < -0.4 is 5.32 Å². The number of carbonyl (C=O) groups excluding carboxylic acids is 1. The number of benzene rings is 1. The molecule has 1 heterocycles. The van der Waals surface area contributed by atoms with Gasteiger partial charge in [-0.2, -0.15) is 0 Å². The summed E-state index contributed by atoms with van der Waals surface area (Å²) < 4.78 is 0. The van der Waals surface area contributed by atoms with Crippen LogP contribution in [0, 0.1) is 11.3 Å². The smallest absolute Gasteiger partial charge is 0.311 e. The standard InChI is InChI=1S/C17H20Cl2N2O3/c1-10(15(22)20-13-6-2-5-12(18)14(13)19)21-8-11-4-3-7-17(11,9-21)16(23)24/h2,5-6,10-11H,3-4,7-9H2,1H3,(H,20,22)(H,23,24)/t10?,11-,17+/m0/s1. The molecule has 3 atom stereocenters. The molecule has 1 aliphatic heterocycles. The summed E-state index contributed by atoms with van der Waals surface area (Å²) >= 11 is 12.1. The van der Waals surface area contributed by atoms with Crippen LogP contribution in [0.1, 0.15) is 26.2 Å². The maximum absolute atomic E-state index is 12.6. The minimum absolute atomic E-state index is 0.125. The molecule has 1 saturated carbocycles. The topological polar surface area (TPSA) is 69.6 Å². The van der Waals surface area contributed by atoms with E-state index in [0.717, 1.165) is 12.8 Å². The van der Waals surface area contributed by atoms with E-state index in [4.69, 9.17) is 23.2 Å². The maximum Gasteiger partial charge on any atom is 0.311 e. The predicted molar refractivity (Wildman–Crippen MR) is 93.5 cm³/mol. The van der Waals surface area contributed by atoms with Gasteiger partial charge in [-0.3, -0.25) is 14.5 Å². The summed E-state index contributed by atoms with van der Waals surface area (Å²) in [6, 6.07) is 4.63. The second-order valence-corrected chi connectivity index (χ2v) is 7.53. The molecule has 5 nitrogen and oxygen atoms in total. The van der Waals surface area contributed by atoms with Crippen LogP contribution in [-0.2, 0) is 9.59 Å². The summed E-state index contributed by atoms with van der Waals surface area (Å²) in [5, 5.41) is 13.1. The number of fused-ring (bicyclic) bond motifs is 1. The van der Waals surface area contributed by atoms with Crippen LogP contribution in [0.4, 0.5) is 5.69 Å². The molecule has 1 amide bonds. The molecule has 2 N–H and O–H groups in total. The molecular formula is C17H20Cl2N2O3. The van der Waals surface area contributed by atoms with Crippen molar-refractivity contribution in [1.29, 1.82) is 0 Å². The highest BCUT2D eigenvalue weighted by atomic mass is 35.5. The van der Waals surface area contributed by atoms with Crippen molar-refractivity contribution in [1.82, 2.24) is 4.90 Å². The van der Waals surface area contributed by atoms with Gasteiger partial charge in [0.25, 0.3) is 0 Å². The number of carboxylic acids is 1. The highest BCUT2D eigenvalue weighted by molar-refractivity contribution is 6.44. The number of nitrogens with one attached hydrogen (secondary N) is 1. The lowest BCUT2D eigenvalue weighted by molar-refractivity contribution is -0.149. The molecule has 0 bridgehead atoms. The lowest BCUT2D eigenvalue weighted by Crippen LogP contribution is -2.43. The van der Waals surface area contributed by atoms with Crippen LogP contribution in [0.2, 0.25) is 10.0 Å². The minimum atomic E-state index is -0.738. The van der Waals surface area contributed by atoms with Gasteiger partial charge in [-0.25, -0.2) is 0 Å². The zero-order chi connectivity index (χ0) is 17.5.